The molecule has 2 unspecified atom stereocenters. The molecule has 0 fully saturated rings. The summed E-state index contributed by atoms with van der Waals surface area (Å²) in [6.45, 7) is 5.63. The van der Waals surface area contributed by atoms with E-state index in [9.17, 15) is 5.11 Å². The van der Waals surface area contributed by atoms with Crippen molar-refractivity contribution in [1.82, 2.24) is 4.90 Å². The van der Waals surface area contributed by atoms with Gasteiger partial charge in [0, 0.05) is 24.7 Å². The Kier molecular flexibility index (Phi) is 6.84. The molecular weight excluding hydrogens is 240 g/mol. The van der Waals surface area contributed by atoms with Crippen LogP contribution in [0.1, 0.15) is 25.8 Å². The molecule has 2 atom stereocenters. The molecule has 4 nitrogen and oxygen atoms in total. The second-order valence-corrected chi connectivity index (χ2v) is 4.97. The molecular formula is C15H26N2O2. The van der Waals surface area contributed by atoms with E-state index >= 15 is 0 Å². The van der Waals surface area contributed by atoms with Crippen molar-refractivity contribution in [3.8, 4) is 5.75 Å². The fourth-order valence-corrected chi connectivity index (χ4v) is 1.88. The Morgan fingerprint density at radius 2 is 2.05 bits per heavy atom. The van der Waals surface area contributed by atoms with E-state index in [4.69, 9.17) is 10.5 Å². The largest absolute Gasteiger partial charge is 0.491 e. The highest BCUT2D eigenvalue weighted by Gasteiger charge is 2.13. The zero-order valence-corrected chi connectivity index (χ0v) is 12.2. The highest BCUT2D eigenvalue weighted by Crippen LogP contribution is 2.17. The number of hydrogen-bond donors (Lipinski definition) is 2. The first-order valence-corrected chi connectivity index (χ1v) is 6.87. The van der Waals surface area contributed by atoms with Gasteiger partial charge in [-0.2, -0.15) is 0 Å². The molecule has 0 aliphatic rings. The van der Waals surface area contributed by atoms with Crippen LogP contribution in [0.3, 0.4) is 0 Å². The summed E-state index contributed by atoms with van der Waals surface area (Å²) in [4.78, 5) is 2.14. The van der Waals surface area contributed by atoms with Crippen LogP contribution in [-0.4, -0.2) is 42.4 Å². The number of aliphatic hydroxyl groups excluding tert-OH is 1. The van der Waals surface area contributed by atoms with Gasteiger partial charge in [0.15, 0.2) is 0 Å². The van der Waals surface area contributed by atoms with Crippen LogP contribution in [0.25, 0.3) is 0 Å². The third kappa shape index (κ3) is 5.19. The molecule has 0 saturated heterocycles. The van der Waals surface area contributed by atoms with Crippen LogP contribution in [0.4, 0.5) is 0 Å². The highest BCUT2D eigenvalue weighted by atomic mass is 16.5. The predicted molar refractivity (Wildman–Crippen MR) is 78.2 cm³/mol. The van der Waals surface area contributed by atoms with E-state index in [1.807, 2.05) is 31.3 Å². The van der Waals surface area contributed by atoms with Crippen molar-refractivity contribution in [1.29, 1.82) is 0 Å². The Bertz CT molecular complexity index is 371. The summed E-state index contributed by atoms with van der Waals surface area (Å²) in [5, 5.41) is 9.99. The molecule has 0 saturated carbocycles. The molecule has 0 heterocycles. The minimum absolute atomic E-state index is 0.289. The SMILES string of the molecule is CCC(C)N(C)CC(O)COc1ccccc1CN. The molecule has 4 heteroatoms. The fraction of sp³-hybridized carbons (Fsp3) is 0.600. The van der Waals surface area contributed by atoms with Gasteiger partial charge in [0.1, 0.15) is 18.5 Å². The third-order valence-electron chi connectivity index (χ3n) is 3.47. The maximum Gasteiger partial charge on any atom is 0.123 e. The third-order valence-corrected chi connectivity index (χ3v) is 3.47. The van der Waals surface area contributed by atoms with Crippen LogP contribution >= 0.6 is 0 Å². The Hall–Kier alpha value is -1.10. The first-order valence-electron chi connectivity index (χ1n) is 6.87. The van der Waals surface area contributed by atoms with Crippen LogP contribution in [0.15, 0.2) is 24.3 Å². The number of ether oxygens (including phenoxy) is 1. The van der Waals surface area contributed by atoms with E-state index in [1.54, 1.807) is 0 Å². The summed E-state index contributed by atoms with van der Waals surface area (Å²) in [5.41, 5.74) is 6.61. The Labute approximate surface area is 116 Å². The van der Waals surface area contributed by atoms with E-state index in [2.05, 4.69) is 18.7 Å². The van der Waals surface area contributed by atoms with Crippen LogP contribution in [0, 0.1) is 0 Å². The molecule has 1 rings (SSSR count). The van der Waals surface area contributed by atoms with Crippen molar-refractivity contribution in [2.24, 2.45) is 5.73 Å². The van der Waals surface area contributed by atoms with E-state index in [1.165, 1.54) is 0 Å². The smallest absolute Gasteiger partial charge is 0.123 e. The Morgan fingerprint density at radius 1 is 1.37 bits per heavy atom. The molecule has 1 aromatic rings. The minimum atomic E-state index is -0.496. The average Bonchev–Trinajstić information content (AvgIpc) is 2.44. The van der Waals surface area contributed by atoms with Crippen molar-refractivity contribution >= 4 is 0 Å². The van der Waals surface area contributed by atoms with Crippen molar-refractivity contribution in [3.63, 3.8) is 0 Å². The van der Waals surface area contributed by atoms with Crippen LogP contribution in [0.5, 0.6) is 5.75 Å². The van der Waals surface area contributed by atoms with Gasteiger partial charge in [-0.05, 0) is 26.5 Å². The summed E-state index contributed by atoms with van der Waals surface area (Å²) in [6, 6.07) is 8.13. The number of benzene rings is 1. The van der Waals surface area contributed by atoms with Gasteiger partial charge in [-0.15, -0.1) is 0 Å². The van der Waals surface area contributed by atoms with E-state index in [0.29, 0.717) is 19.1 Å². The normalized spacial score (nSPS) is 14.4. The molecule has 19 heavy (non-hydrogen) atoms. The van der Waals surface area contributed by atoms with Gasteiger partial charge >= 0.3 is 0 Å². The number of rotatable bonds is 8. The topological polar surface area (TPSA) is 58.7 Å². The Morgan fingerprint density at radius 3 is 2.68 bits per heavy atom. The molecule has 0 aromatic heterocycles. The van der Waals surface area contributed by atoms with E-state index in [-0.39, 0.29) is 6.61 Å². The number of nitrogens with two attached hydrogens (primary N) is 1. The molecule has 0 aliphatic heterocycles. The summed E-state index contributed by atoms with van der Waals surface area (Å²) >= 11 is 0. The van der Waals surface area contributed by atoms with E-state index < -0.39 is 6.10 Å². The van der Waals surface area contributed by atoms with E-state index in [0.717, 1.165) is 17.7 Å². The quantitative estimate of drug-likeness (QED) is 0.750. The molecule has 0 radical (unpaired) electrons. The fourth-order valence-electron chi connectivity index (χ4n) is 1.88. The average molecular weight is 266 g/mol. The number of nitrogens with zero attached hydrogens (tertiary/aromatic N) is 1. The zero-order chi connectivity index (χ0) is 14.3. The number of likely N-dealkylation sites (N-methyl/N-ethyl adjacent to an activating group) is 1. The second kappa shape index (κ2) is 8.15. The highest BCUT2D eigenvalue weighted by molar-refractivity contribution is 5.32. The minimum Gasteiger partial charge on any atom is -0.491 e. The van der Waals surface area contributed by atoms with Crippen LogP contribution in [-0.2, 0) is 6.54 Å². The lowest BCUT2D eigenvalue weighted by molar-refractivity contribution is 0.0646. The van der Waals surface area contributed by atoms with Crippen molar-refractivity contribution < 1.29 is 9.84 Å². The molecule has 0 amide bonds. The van der Waals surface area contributed by atoms with Crippen molar-refractivity contribution in [2.45, 2.75) is 39.0 Å². The Balaban J connectivity index is 2.43. The number of hydrogen-bond acceptors (Lipinski definition) is 4. The summed E-state index contributed by atoms with van der Waals surface area (Å²) in [5.74, 6) is 0.759. The molecule has 0 aliphatic carbocycles. The molecule has 0 spiro atoms. The van der Waals surface area contributed by atoms with Gasteiger partial charge < -0.3 is 20.5 Å². The van der Waals surface area contributed by atoms with Gasteiger partial charge in [0.2, 0.25) is 0 Å². The number of aliphatic hydroxyl groups is 1. The van der Waals surface area contributed by atoms with Gasteiger partial charge in [-0.25, -0.2) is 0 Å². The lowest BCUT2D eigenvalue weighted by Gasteiger charge is -2.26. The molecule has 0 bridgehead atoms. The van der Waals surface area contributed by atoms with Gasteiger partial charge in [0.25, 0.3) is 0 Å². The van der Waals surface area contributed by atoms with Crippen LogP contribution < -0.4 is 10.5 Å². The first-order chi connectivity index (χ1) is 9.08. The summed E-state index contributed by atoms with van der Waals surface area (Å²) < 4.78 is 5.65. The zero-order valence-electron chi connectivity index (χ0n) is 12.2. The maximum absolute atomic E-state index is 9.99. The second-order valence-electron chi connectivity index (χ2n) is 4.97. The summed E-state index contributed by atoms with van der Waals surface area (Å²) in [7, 11) is 2.02. The molecule has 1 aromatic carbocycles. The van der Waals surface area contributed by atoms with Crippen molar-refractivity contribution in [3.05, 3.63) is 29.8 Å². The van der Waals surface area contributed by atoms with Gasteiger partial charge in [0.05, 0.1) is 0 Å². The first kappa shape index (κ1) is 16.0. The van der Waals surface area contributed by atoms with Gasteiger partial charge in [-0.3, -0.25) is 0 Å². The lowest BCUT2D eigenvalue weighted by atomic mass is 10.2. The monoisotopic (exact) mass is 266 g/mol. The van der Waals surface area contributed by atoms with Crippen molar-refractivity contribution in [2.75, 3.05) is 20.2 Å². The van der Waals surface area contributed by atoms with Crippen LogP contribution in [0.2, 0.25) is 0 Å². The molecule has 3 N–H and O–H groups in total. The maximum atomic E-state index is 9.99. The summed E-state index contributed by atoms with van der Waals surface area (Å²) in [6.07, 6.45) is 0.574. The predicted octanol–water partition coefficient (Wildman–Crippen LogP) is 1.62. The van der Waals surface area contributed by atoms with Gasteiger partial charge in [-0.1, -0.05) is 25.1 Å². The standard InChI is InChI=1S/C15H26N2O2/c1-4-12(2)17(3)10-14(18)11-19-15-8-6-5-7-13(15)9-16/h5-8,12,14,18H,4,9-11,16H2,1-3H3. The molecule has 108 valence electrons. The number of para-hydroxylation sites is 1. The lowest BCUT2D eigenvalue weighted by Crippen LogP contribution is -2.38.